The van der Waals surface area contributed by atoms with Crippen LogP contribution in [0.25, 0.3) is 0 Å². The number of carboxylic acid groups (broad SMARTS) is 1. The van der Waals surface area contributed by atoms with Crippen LogP contribution in [-0.4, -0.2) is 42.2 Å². The monoisotopic (exact) mass is 298 g/mol. The maximum Gasteiger partial charge on any atom is 0.325 e. The minimum absolute atomic E-state index is 0. The van der Waals surface area contributed by atoms with Gasteiger partial charge in [0.05, 0.1) is 0 Å². The van der Waals surface area contributed by atoms with E-state index >= 15 is 0 Å². The van der Waals surface area contributed by atoms with Gasteiger partial charge in [0.15, 0.2) is 0 Å². The fourth-order valence-corrected chi connectivity index (χ4v) is 2.56. The molecule has 0 bridgehead atoms. The largest absolute Gasteiger partial charge is 0.480 e. The predicted molar refractivity (Wildman–Crippen MR) is 73.6 cm³/mol. The van der Waals surface area contributed by atoms with Gasteiger partial charge in [0.2, 0.25) is 0 Å². The van der Waals surface area contributed by atoms with Crippen LogP contribution >= 0.6 is 36.2 Å². The molecule has 0 saturated carbocycles. The average molecular weight is 299 g/mol. The van der Waals surface area contributed by atoms with Crippen LogP contribution in [0.15, 0.2) is 16.8 Å². The summed E-state index contributed by atoms with van der Waals surface area (Å²) in [5, 5.41) is 16.3. The molecule has 0 aromatic carbocycles. The van der Waals surface area contributed by atoms with Gasteiger partial charge >= 0.3 is 5.97 Å². The minimum atomic E-state index is -0.754. The van der Waals surface area contributed by atoms with Crippen LogP contribution in [-0.2, 0) is 4.79 Å². The second kappa shape index (κ2) is 7.89. The Morgan fingerprint density at radius 2 is 2.06 bits per heavy atom. The van der Waals surface area contributed by atoms with Gasteiger partial charge in [-0.15, -0.1) is 24.8 Å². The predicted octanol–water partition coefficient (Wildman–Crippen LogP) is 1.62. The van der Waals surface area contributed by atoms with Crippen molar-refractivity contribution < 1.29 is 9.90 Å². The fraction of sp³-hybridized carbons (Fsp3) is 0.500. The molecule has 2 rings (SSSR count). The first-order valence-electron chi connectivity index (χ1n) is 4.98. The van der Waals surface area contributed by atoms with E-state index < -0.39 is 12.0 Å². The lowest BCUT2D eigenvalue weighted by Gasteiger charge is -2.32. The first-order chi connectivity index (χ1) is 7.29. The topological polar surface area (TPSA) is 52.6 Å². The number of hydrogen-bond donors (Lipinski definition) is 2. The third kappa shape index (κ3) is 4.12. The number of rotatable bonds is 3. The van der Waals surface area contributed by atoms with E-state index in [0.717, 1.165) is 31.7 Å². The second-order valence-corrected chi connectivity index (χ2v) is 4.36. The molecule has 1 aromatic rings. The highest BCUT2D eigenvalue weighted by atomic mass is 35.5. The Kier molecular flexibility index (Phi) is 7.74. The van der Waals surface area contributed by atoms with E-state index in [9.17, 15) is 9.90 Å². The Morgan fingerprint density at radius 3 is 2.53 bits per heavy atom. The van der Waals surface area contributed by atoms with Crippen LogP contribution < -0.4 is 5.32 Å². The van der Waals surface area contributed by atoms with Crippen LogP contribution in [0, 0.1) is 0 Å². The highest BCUT2D eigenvalue weighted by Crippen LogP contribution is 2.23. The molecule has 1 aliphatic heterocycles. The summed E-state index contributed by atoms with van der Waals surface area (Å²) < 4.78 is 0. The normalized spacial score (nSPS) is 17.6. The summed E-state index contributed by atoms with van der Waals surface area (Å²) in [6, 6.07) is 1.42. The van der Waals surface area contributed by atoms with Gasteiger partial charge in [-0.2, -0.15) is 11.3 Å². The molecular weight excluding hydrogens is 283 g/mol. The van der Waals surface area contributed by atoms with Gasteiger partial charge in [0, 0.05) is 26.2 Å². The van der Waals surface area contributed by atoms with Crippen molar-refractivity contribution >= 4 is 42.1 Å². The van der Waals surface area contributed by atoms with Crippen molar-refractivity contribution in [3.8, 4) is 0 Å². The standard InChI is InChI=1S/C10H14N2O2S.2ClH/c13-10(14)9(8-1-6-15-7-8)12-4-2-11-3-5-12;;/h1,6-7,9,11H,2-5H2,(H,13,14);2*1H. The Bertz CT molecular complexity index is 329. The highest BCUT2D eigenvalue weighted by molar-refractivity contribution is 7.08. The van der Waals surface area contributed by atoms with E-state index in [2.05, 4.69) is 5.32 Å². The zero-order valence-corrected chi connectivity index (χ0v) is 11.6. The minimum Gasteiger partial charge on any atom is -0.480 e. The molecule has 17 heavy (non-hydrogen) atoms. The van der Waals surface area contributed by atoms with Gasteiger partial charge in [-0.3, -0.25) is 9.69 Å². The zero-order valence-electron chi connectivity index (χ0n) is 9.17. The molecule has 1 fully saturated rings. The van der Waals surface area contributed by atoms with Crippen molar-refractivity contribution in [2.24, 2.45) is 0 Å². The number of nitrogens with one attached hydrogen (secondary N) is 1. The molecule has 1 aliphatic rings. The third-order valence-corrected chi connectivity index (χ3v) is 3.31. The lowest BCUT2D eigenvalue weighted by molar-refractivity contribution is -0.143. The maximum atomic E-state index is 11.2. The average Bonchev–Trinajstić information content (AvgIpc) is 2.72. The summed E-state index contributed by atoms with van der Waals surface area (Å²) in [5.74, 6) is -0.754. The number of aliphatic carboxylic acids is 1. The molecule has 1 aromatic heterocycles. The van der Waals surface area contributed by atoms with Crippen molar-refractivity contribution in [3.05, 3.63) is 22.4 Å². The van der Waals surface area contributed by atoms with E-state index in [-0.39, 0.29) is 24.8 Å². The van der Waals surface area contributed by atoms with Crippen molar-refractivity contribution in [2.75, 3.05) is 26.2 Å². The summed E-state index contributed by atoms with van der Waals surface area (Å²) in [6.45, 7) is 3.33. The molecule has 0 amide bonds. The van der Waals surface area contributed by atoms with E-state index in [1.807, 2.05) is 21.7 Å². The Balaban J connectivity index is 0.00000128. The van der Waals surface area contributed by atoms with Crippen molar-refractivity contribution in [3.63, 3.8) is 0 Å². The molecule has 0 aliphatic carbocycles. The quantitative estimate of drug-likeness (QED) is 0.890. The Morgan fingerprint density at radius 1 is 1.41 bits per heavy atom. The fourth-order valence-electron chi connectivity index (χ4n) is 1.88. The van der Waals surface area contributed by atoms with Crippen LogP contribution in [0.3, 0.4) is 0 Å². The van der Waals surface area contributed by atoms with E-state index in [4.69, 9.17) is 0 Å². The molecule has 0 spiro atoms. The van der Waals surface area contributed by atoms with Crippen molar-refractivity contribution in [1.82, 2.24) is 10.2 Å². The second-order valence-electron chi connectivity index (χ2n) is 3.58. The number of carboxylic acids is 1. The van der Waals surface area contributed by atoms with Crippen LogP contribution in [0.2, 0.25) is 0 Å². The number of halogens is 2. The first-order valence-corrected chi connectivity index (χ1v) is 5.93. The summed E-state index contributed by atoms with van der Waals surface area (Å²) in [6.07, 6.45) is 0. The number of piperazine rings is 1. The highest BCUT2D eigenvalue weighted by Gasteiger charge is 2.28. The van der Waals surface area contributed by atoms with Gasteiger partial charge in [-0.05, 0) is 22.4 Å². The molecule has 1 saturated heterocycles. The Hall–Kier alpha value is -0.330. The third-order valence-electron chi connectivity index (χ3n) is 2.61. The lowest BCUT2D eigenvalue weighted by atomic mass is 10.1. The molecular formula is C10H16Cl2N2O2S. The number of nitrogens with zero attached hydrogens (tertiary/aromatic N) is 1. The number of carbonyl (C=O) groups is 1. The molecule has 2 heterocycles. The van der Waals surface area contributed by atoms with Gasteiger partial charge in [0.1, 0.15) is 6.04 Å². The molecule has 7 heteroatoms. The van der Waals surface area contributed by atoms with Crippen LogP contribution in [0.1, 0.15) is 11.6 Å². The van der Waals surface area contributed by atoms with Crippen molar-refractivity contribution in [2.45, 2.75) is 6.04 Å². The molecule has 98 valence electrons. The van der Waals surface area contributed by atoms with Gasteiger partial charge in [-0.1, -0.05) is 0 Å². The van der Waals surface area contributed by atoms with Crippen molar-refractivity contribution in [1.29, 1.82) is 0 Å². The number of thiophene rings is 1. The maximum absolute atomic E-state index is 11.2. The van der Waals surface area contributed by atoms with E-state index in [1.54, 1.807) is 11.3 Å². The van der Waals surface area contributed by atoms with Gasteiger partial charge in [0.25, 0.3) is 0 Å². The van der Waals surface area contributed by atoms with E-state index in [1.165, 1.54) is 0 Å². The Labute approximate surface area is 117 Å². The number of hydrogen-bond acceptors (Lipinski definition) is 4. The zero-order chi connectivity index (χ0) is 10.7. The van der Waals surface area contributed by atoms with Crippen LogP contribution in [0.5, 0.6) is 0 Å². The summed E-state index contributed by atoms with van der Waals surface area (Å²) in [7, 11) is 0. The lowest BCUT2D eigenvalue weighted by Crippen LogP contribution is -2.47. The molecule has 0 radical (unpaired) electrons. The first kappa shape index (κ1) is 16.7. The van der Waals surface area contributed by atoms with Gasteiger partial charge < -0.3 is 10.4 Å². The summed E-state index contributed by atoms with van der Waals surface area (Å²) in [5.41, 5.74) is 0.898. The molecule has 2 N–H and O–H groups in total. The molecule has 1 unspecified atom stereocenters. The SMILES string of the molecule is Cl.Cl.O=C(O)C(c1ccsc1)N1CCNCC1. The smallest absolute Gasteiger partial charge is 0.325 e. The molecule has 1 atom stereocenters. The van der Waals surface area contributed by atoms with Crippen LogP contribution in [0.4, 0.5) is 0 Å². The summed E-state index contributed by atoms with van der Waals surface area (Å²) >= 11 is 1.54. The van der Waals surface area contributed by atoms with Gasteiger partial charge in [-0.25, -0.2) is 0 Å². The molecule has 4 nitrogen and oxygen atoms in total. The summed E-state index contributed by atoms with van der Waals surface area (Å²) in [4.78, 5) is 13.3. The van der Waals surface area contributed by atoms with E-state index in [0.29, 0.717) is 0 Å².